The van der Waals surface area contributed by atoms with Gasteiger partial charge in [-0.2, -0.15) is 15.3 Å². The summed E-state index contributed by atoms with van der Waals surface area (Å²) < 4.78 is 20.8. The quantitative estimate of drug-likeness (QED) is 0.293. The first kappa shape index (κ1) is 29.8. The Kier molecular flexibility index (Phi) is 8.81. The number of fused-ring (bicyclic) bond motifs is 4. The molecule has 2 aromatic carbocycles. The molecule has 2 aromatic heterocycles. The van der Waals surface area contributed by atoms with E-state index < -0.39 is 23.7 Å². The summed E-state index contributed by atoms with van der Waals surface area (Å²) in [5.74, 6) is -1.90. The number of benzene rings is 2. The van der Waals surface area contributed by atoms with E-state index in [4.69, 9.17) is 16.3 Å². The number of halogens is 2. The highest BCUT2D eigenvalue weighted by Crippen LogP contribution is 2.33. The monoisotopic (exact) mass is 604 g/mol. The maximum atomic E-state index is 14.7. The lowest BCUT2D eigenvalue weighted by Crippen LogP contribution is -2.30. The van der Waals surface area contributed by atoms with Crippen molar-refractivity contribution in [3.8, 4) is 16.8 Å². The van der Waals surface area contributed by atoms with Gasteiger partial charge >= 0.3 is 5.97 Å². The molecule has 10 nitrogen and oxygen atoms in total. The number of aromatic nitrogens is 4. The Hall–Kier alpha value is -4.64. The van der Waals surface area contributed by atoms with Crippen LogP contribution in [-0.2, 0) is 20.7 Å². The fraction of sp³-hybridized carbons (Fsp3) is 0.290. The van der Waals surface area contributed by atoms with Crippen LogP contribution < -0.4 is 10.6 Å². The third-order valence-corrected chi connectivity index (χ3v) is 7.85. The van der Waals surface area contributed by atoms with Crippen molar-refractivity contribution in [2.75, 3.05) is 12.4 Å². The van der Waals surface area contributed by atoms with Gasteiger partial charge in [0.15, 0.2) is 5.82 Å². The molecular weight excluding hydrogens is 575 g/mol. The summed E-state index contributed by atoms with van der Waals surface area (Å²) >= 11 is 5.95. The largest absolute Gasteiger partial charge is 0.469 e. The molecule has 222 valence electrons. The second-order valence-electron chi connectivity index (χ2n) is 10.5. The van der Waals surface area contributed by atoms with E-state index in [1.165, 1.54) is 30.1 Å². The van der Waals surface area contributed by atoms with E-state index in [9.17, 15) is 18.8 Å². The van der Waals surface area contributed by atoms with Gasteiger partial charge in [-0.25, -0.2) is 9.07 Å². The minimum absolute atomic E-state index is 0.0470. The van der Waals surface area contributed by atoms with Gasteiger partial charge in [0.1, 0.15) is 5.69 Å². The maximum Gasteiger partial charge on any atom is 0.309 e. The van der Waals surface area contributed by atoms with Crippen molar-refractivity contribution >= 4 is 35.1 Å². The summed E-state index contributed by atoms with van der Waals surface area (Å²) in [7, 11) is 1.32. The van der Waals surface area contributed by atoms with Crippen LogP contribution in [0.4, 0.5) is 10.1 Å². The summed E-state index contributed by atoms with van der Waals surface area (Å²) in [5, 5.41) is 18.8. The van der Waals surface area contributed by atoms with E-state index in [-0.39, 0.29) is 34.5 Å². The number of rotatable bonds is 5. The van der Waals surface area contributed by atoms with Crippen LogP contribution in [0.15, 0.2) is 54.9 Å². The van der Waals surface area contributed by atoms with Gasteiger partial charge in [0.2, 0.25) is 5.91 Å². The molecule has 0 radical (unpaired) electrons. The zero-order valence-corrected chi connectivity index (χ0v) is 24.6. The van der Waals surface area contributed by atoms with Gasteiger partial charge in [0.05, 0.1) is 53.9 Å². The number of anilines is 1. The predicted molar refractivity (Wildman–Crippen MR) is 158 cm³/mol. The zero-order chi connectivity index (χ0) is 30.7. The molecule has 0 saturated heterocycles. The fourth-order valence-electron chi connectivity index (χ4n) is 5.07. The maximum absolute atomic E-state index is 14.7. The van der Waals surface area contributed by atoms with Crippen LogP contribution in [-0.4, -0.2) is 44.9 Å². The number of carbonyl (C=O) groups excluding carboxylic acids is 3. The molecule has 12 heteroatoms. The number of nitrogens with zero attached hydrogens (tertiary/aromatic N) is 4. The van der Waals surface area contributed by atoms with Crippen LogP contribution in [0.2, 0.25) is 5.02 Å². The SMILES string of the molecule is COC(=O)Cc1ccc2c(c1)NC(=O)[C@H](C)CCC[C@H](NC(=O)c1cnn(-c3cccc(Cl)c3F)c1C)c1cc-2cnn1. The first-order valence-electron chi connectivity index (χ1n) is 13.8. The van der Waals surface area contributed by atoms with Gasteiger partial charge in [-0.3, -0.25) is 14.4 Å². The molecule has 1 aliphatic rings. The minimum Gasteiger partial charge on any atom is -0.469 e. The first-order chi connectivity index (χ1) is 20.7. The lowest BCUT2D eigenvalue weighted by atomic mass is 9.95. The summed E-state index contributed by atoms with van der Waals surface area (Å²) in [6.45, 7) is 3.52. The number of amides is 2. The van der Waals surface area contributed by atoms with E-state index in [1.54, 1.807) is 31.3 Å². The van der Waals surface area contributed by atoms with Crippen LogP contribution in [0, 0.1) is 18.7 Å². The molecule has 0 saturated carbocycles. The van der Waals surface area contributed by atoms with Crippen LogP contribution in [0.1, 0.15) is 59.5 Å². The lowest BCUT2D eigenvalue weighted by Gasteiger charge is -2.22. The molecule has 3 heterocycles. The van der Waals surface area contributed by atoms with E-state index in [0.29, 0.717) is 53.0 Å². The van der Waals surface area contributed by atoms with E-state index >= 15 is 0 Å². The molecule has 0 unspecified atom stereocenters. The topological polar surface area (TPSA) is 128 Å². The van der Waals surface area contributed by atoms with E-state index in [2.05, 4.69) is 25.9 Å². The zero-order valence-electron chi connectivity index (χ0n) is 23.9. The van der Waals surface area contributed by atoms with Crippen LogP contribution in [0.3, 0.4) is 0 Å². The summed E-state index contributed by atoms with van der Waals surface area (Å²) in [6, 6.07) is 11.2. The minimum atomic E-state index is -0.635. The Morgan fingerprint density at radius 2 is 2.00 bits per heavy atom. The van der Waals surface area contributed by atoms with Crippen molar-refractivity contribution in [3.05, 3.63) is 88.2 Å². The summed E-state index contributed by atoms with van der Waals surface area (Å²) in [4.78, 5) is 38.5. The van der Waals surface area contributed by atoms with Crippen molar-refractivity contribution in [2.24, 2.45) is 5.92 Å². The molecule has 2 atom stereocenters. The van der Waals surface area contributed by atoms with Crippen LogP contribution in [0.5, 0.6) is 0 Å². The van der Waals surface area contributed by atoms with Crippen molar-refractivity contribution in [2.45, 2.75) is 45.6 Å². The number of hydrogen-bond donors (Lipinski definition) is 2. The van der Waals surface area contributed by atoms with Gasteiger partial charge in [-0.15, -0.1) is 0 Å². The Morgan fingerprint density at radius 3 is 2.79 bits per heavy atom. The van der Waals surface area contributed by atoms with Gasteiger partial charge in [0.25, 0.3) is 5.91 Å². The van der Waals surface area contributed by atoms with Crippen molar-refractivity contribution in [1.82, 2.24) is 25.3 Å². The van der Waals surface area contributed by atoms with Gasteiger partial charge < -0.3 is 15.4 Å². The average Bonchev–Trinajstić information content (AvgIpc) is 3.38. The molecule has 0 spiro atoms. The van der Waals surface area contributed by atoms with Gasteiger partial charge in [0, 0.05) is 22.7 Å². The van der Waals surface area contributed by atoms with Crippen LogP contribution in [0.25, 0.3) is 16.8 Å². The highest BCUT2D eigenvalue weighted by atomic mass is 35.5. The Bertz CT molecular complexity index is 1710. The Morgan fingerprint density at radius 1 is 1.19 bits per heavy atom. The third-order valence-electron chi connectivity index (χ3n) is 7.56. The lowest BCUT2D eigenvalue weighted by molar-refractivity contribution is -0.139. The third kappa shape index (κ3) is 6.41. The molecular formula is C31H30ClFN6O4. The molecule has 1 aliphatic heterocycles. The van der Waals surface area contributed by atoms with E-state index in [0.717, 1.165) is 0 Å². The molecule has 2 bridgehead atoms. The summed E-state index contributed by atoms with van der Waals surface area (Å²) in [5.41, 5.74) is 3.98. The van der Waals surface area contributed by atoms with E-state index in [1.807, 2.05) is 19.1 Å². The molecule has 2 amide bonds. The van der Waals surface area contributed by atoms with Gasteiger partial charge in [-0.05, 0) is 49.6 Å². The Balaban J connectivity index is 1.48. The first-order valence-corrected chi connectivity index (χ1v) is 14.2. The number of hydrogen-bond acceptors (Lipinski definition) is 7. The second-order valence-corrected chi connectivity index (χ2v) is 10.9. The number of ether oxygens (including phenoxy) is 1. The highest BCUT2D eigenvalue weighted by molar-refractivity contribution is 6.30. The molecule has 4 aromatic rings. The Labute approximate surface area is 252 Å². The number of methoxy groups -OCH3 is 1. The number of carbonyl (C=O) groups is 3. The van der Waals surface area contributed by atoms with Crippen molar-refractivity contribution in [1.29, 1.82) is 0 Å². The predicted octanol–water partition coefficient (Wildman–Crippen LogP) is 5.38. The number of nitrogens with one attached hydrogen (secondary N) is 2. The standard InChI is InChI=1S/C31H30ClFN6O4/c1-17-6-4-8-24(36-31(42)22-16-35-39(18(22)2)27-9-5-7-23(32)29(27)33)26-14-20(15-34-38-26)21-11-10-19(13-28(40)43-3)12-25(21)37-30(17)41/h5,7,9-12,14-17,24H,4,6,8,13H2,1-3H3,(H,36,42)(H,37,41)/t17-,24+/m1/s1. The molecule has 43 heavy (non-hydrogen) atoms. The van der Waals surface area contributed by atoms with Crippen LogP contribution >= 0.6 is 11.6 Å². The van der Waals surface area contributed by atoms with Crippen molar-refractivity contribution in [3.63, 3.8) is 0 Å². The van der Waals surface area contributed by atoms with Gasteiger partial charge in [-0.1, -0.05) is 43.1 Å². The average molecular weight is 605 g/mol. The van der Waals surface area contributed by atoms with Crippen molar-refractivity contribution < 1.29 is 23.5 Å². The molecule has 0 aliphatic carbocycles. The second kappa shape index (κ2) is 12.7. The number of esters is 1. The smallest absolute Gasteiger partial charge is 0.309 e. The summed E-state index contributed by atoms with van der Waals surface area (Å²) in [6.07, 6.45) is 4.71. The molecule has 0 fully saturated rings. The molecule has 5 rings (SSSR count). The fourth-order valence-corrected chi connectivity index (χ4v) is 5.24. The normalized spacial score (nSPS) is 16.7. The molecule has 2 N–H and O–H groups in total. The highest BCUT2D eigenvalue weighted by Gasteiger charge is 2.25.